The molecule has 0 bridgehead atoms. The molecule has 0 saturated heterocycles. The van der Waals surface area contributed by atoms with Gasteiger partial charge in [-0.3, -0.25) is 0 Å². The molecule has 2 heteroatoms. The predicted molar refractivity (Wildman–Crippen MR) is 48.7 cm³/mol. The van der Waals surface area contributed by atoms with Crippen LogP contribution >= 0.6 is 0 Å². The molecule has 0 amide bonds. The van der Waals surface area contributed by atoms with Crippen LogP contribution in [-0.2, 0) is 0 Å². The quantitative estimate of drug-likeness (QED) is 0.614. The van der Waals surface area contributed by atoms with Gasteiger partial charge in [-0.1, -0.05) is 12.2 Å². The van der Waals surface area contributed by atoms with Crippen molar-refractivity contribution in [1.29, 1.82) is 0 Å². The zero-order valence-electron chi connectivity index (χ0n) is 7.66. The molecule has 0 radical (unpaired) electrons. The van der Waals surface area contributed by atoms with Crippen molar-refractivity contribution < 1.29 is 10.2 Å². The van der Waals surface area contributed by atoms with Crippen LogP contribution in [0.2, 0.25) is 0 Å². The van der Waals surface area contributed by atoms with E-state index in [4.69, 9.17) is 5.11 Å². The summed E-state index contributed by atoms with van der Waals surface area (Å²) < 4.78 is 0. The molecule has 1 fully saturated rings. The number of aliphatic hydroxyl groups is 2. The number of hydrogen-bond acceptors (Lipinski definition) is 2. The monoisotopic (exact) mass is 170 g/mol. The highest BCUT2D eigenvalue weighted by Gasteiger charge is 2.28. The van der Waals surface area contributed by atoms with Crippen molar-refractivity contribution in [2.45, 2.75) is 32.3 Å². The van der Waals surface area contributed by atoms with E-state index >= 15 is 0 Å². The lowest BCUT2D eigenvalue weighted by molar-refractivity contribution is 0.0423. The van der Waals surface area contributed by atoms with Gasteiger partial charge in [-0.25, -0.2) is 0 Å². The van der Waals surface area contributed by atoms with Crippen LogP contribution in [0.15, 0.2) is 12.2 Å². The third-order valence-corrected chi connectivity index (χ3v) is 2.82. The smallest absolute Gasteiger partial charge is 0.0608 e. The van der Waals surface area contributed by atoms with Gasteiger partial charge in [-0.2, -0.15) is 0 Å². The van der Waals surface area contributed by atoms with Crippen LogP contribution in [0.1, 0.15) is 26.2 Å². The summed E-state index contributed by atoms with van der Waals surface area (Å²) in [5, 5.41) is 18.6. The van der Waals surface area contributed by atoms with Crippen LogP contribution in [0.3, 0.4) is 0 Å². The van der Waals surface area contributed by atoms with Crippen molar-refractivity contribution in [1.82, 2.24) is 0 Å². The molecule has 3 atom stereocenters. The SMILES string of the molecule is C=C(C)[C@@H]1CC[C@@H](CO)C[C@H]1O. The molecular weight excluding hydrogens is 152 g/mol. The van der Waals surface area contributed by atoms with Crippen LogP contribution in [-0.4, -0.2) is 22.9 Å². The van der Waals surface area contributed by atoms with E-state index in [1.54, 1.807) is 0 Å². The van der Waals surface area contributed by atoms with Crippen LogP contribution in [0, 0.1) is 11.8 Å². The van der Waals surface area contributed by atoms with E-state index in [-0.39, 0.29) is 18.6 Å². The van der Waals surface area contributed by atoms with Gasteiger partial charge in [0.15, 0.2) is 0 Å². The Labute approximate surface area is 73.9 Å². The minimum atomic E-state index is -0.284. The van der Waals surface area contributed by atoms with Gasteiger partial charge in [0.05, 0.1) is 6.10 Å². The summed E-state index contributed by atoms with van der Waals surface area (Å²) in [5.41, 5.74) is 1.07. The largest absolute Gasteiger partial charge is 0.396 e. The number of hydrogen-bond donors (Lipinski definition) is 2. The normalized spacial score (nSPS) is 36.4. The molecule has 1 aliphatic rings. The second kappa shape index (κ2) is 4.06. The average molecular weight is 170 g/mol. The van der Waals surface area contributed by atoms with E-state index in [0.717, 1.165) is 24.8 Å². The molecule has 1 rings (SSSR count). The molecule has 2 N–H and O–H groups in total. The Morgan fingerprint density at radius 2 is 2.17 bits per heavy atom. The fourth-order valence-electron chi connectivity index (χ4n) is 1.97. The Morgan fingerprint density at radius 1 is 1.50 bits per heavy atom. The summed E-state index contributed by atoms with van der Waals surface area (Å²) in [6, 6.07) is 0. The van der Waals surface area contributed by atoms with Gasteiger partial charge in [0, 0.05) is 12.5 Å². The van der Waals surface area contributed by atoms with Gasteiger partial charge in [-0.05, 0) is 32.1 Å². The zero-order chi connectivity index (χ0) is 9.14. The molecule has 0 aliphatic heterocycles. The maximum Gasteiger partial charge on any atom is 0.0608 e. The van der Waals surface area contributed by atoms with Gasteiger partial charge >= 0.3 is 0 Å². The number of aliphatic hydroxyl groups excluding tert-OH is 2. The molecule has 0 aromatic heterocycles. The second-order valence-electron chi connectivity index (χ2n) is 3.88. The van der Waals surface area contributed by atoms with Crippen molar-refractivity contribution in [3.8, 4) is 0 Å². The fourth-order valence-corrected chi connectivity index (χ4v) is 1.97. The van der Waals surface area contributed by atoms with Gasteiger partial charge in [-0.15, -0.1) is 0 Å². The maximum absolute atomic E-state index is 9.67. The van der Waals surface area contributed by atoms with Crippen molar-refractivity contribution in [3.63, 3.8) is 0 Å². The Kier molecular flexibility index (Phi) is 3.29. The van der Waals surface area contributed by atoms with Crippen LogP contribution in [0.4, 0.5) is 0 Å². The Bertz CT molecular complexity index is 165. The third-order valence-electron chi connectivity index (χ3n) is 2.82. The Balaban J connectivity index is 2.47. The summed E-state index contributed by atoms with van der Waals surface area (Å²) in [7, 11) is 0. The molecule has 0 unspecified atom stereocenters. The van der Waals surface area contributed by atoms with E-state index in [1.165, 1.54) is 0 Å². The van der Waals surface area contributed by atoms with Crippen molar-refractivity contribution in [2.75, 3.05) is 6.61 Å². The molecule has 70 valence electrons. The minimum absolute atomic E-state index is 0.208. The van der Waals surface area contributed by atoms with Gasteiger partial charge in [0.1, 0.15) is 0 Å². The molecule has 12 heavy (non-hydrogen) atoms. The van der Waals surface area contributed by atoms with Crippen molar-refractivity contribution in [3.05, 3.63) is 12.2 Å². The Hall–Kier alpha value is -0.340. The molecule has 1 saturated carbocycles. The highest BCUT2D eigenvalue weighted by Crippen LogP contribution is 2.32. The highest BCUT2D eigenvalue weighted by molar-refractivity contribution is 5.01. The molecule has 0 aromatic rings. The third kappa shape index (κ3) is 2.08. The zero-order valence-corrected chi connectivity index (χ0v) is 7.66. The first-order valence-electron chi connectivity index (χ1n) is 4.59. The van der Waals surface area contributed by atoms with Gasteiger partial charge in [0.25, 0.3) is 0 Å². The number of rotatable bonds is 2. The summed E-state index contributed by atoms with van der Waals surface area (Å²) in [4.78, 5) is 0. The van der Waals surface area contributed by atoms with E-state index in [1.807, 2.05) is 6.92 Å². The average Bonchev–Trinajstić information content (AvgIpc) is 2.03. The first-order valence-corrected chi connectivity index (χ1v) is 4.59. The first-order chi connectivity index (χ1) is 5.65. The lowest BCUT2D eigenvalue weighted by atomic mass is 9.77. The van der Waals surface area contributed by atoms with Gasteiger partial charge in [0.2, 0.25) is 0 Å². The van der Waals surface area contributed by atoms with E-state index in [2.05, 4.69) is 6.58 Å². The lowest BCUT2D eigenvalue weighted by Gasteiger charge is -2.32. The summed E-state index contributed by atoms with van der Waals surface area (Å²) in [6.07, 6.45) is 2.44. The van der Waals surface area contributed by atoms with Crippen LogP contribution in [0.25, 0.3) is 0 Å². The molecule has 2 nitrogen and oxygen atoms in total. The topological polar surface area (TPSA) is 40.5 Å². The summed E-state index contributed by atoms with van der Waals surface area (Å²) >= 11 is 0. The van der Waals surface area contributed by atoms with E-state index in [9.17, 15) is 5.11 Å². The molecule has 0 aromatic carbocycles. The van der Waals surface area contributed by atoms with Crippen LogP contribution < -0.4 is 0 Å². The fraction of sp³-hybridized carbons (Fsp3) is 0.800. The first kappa shape index (κ1) is 9.75. The summed E-state index contributed by atoms with van der Waals surface area (Å²) in [6.45, 7) is 6.03. The molecule has 0 heterocycles. The van der Waals surface area contributed by atoms with E-state index < -0.39 is 0 Å². The minimum Gasteiger partial charge on any atom is -0.396 e. The standard InChI is InChI=1S/C10H18O2/c1-7(2)9-4-3-8(6-11)5-10(9)12/h8-12H,1,3-6H2,2H3/t8-,9+,10-/m1/s1. The maximum atomic E-state index is 9.67. The predicted octanol–water partition coefficient (Wildman–Crippen LogP) is 1.33. The second-order valence-corrected chi connectivity index (χ2v) is 3.88. The molecule has 1 aliphatic carbocycles. The van der Waals surface area contributed by atoms with Crippen molar-refractivity contribution >= 4 is 0 Å². The van der Waals surface area contributed by atoms with Gasteiger partial charge < -0.3 is 10.2 Å². The molecule has 0 spiro atoms. The Morgan fingerprint density at radius 3 is 2.58 bits per heavy atom. The summed E-state index contributed by atoms with van der Waals surface area (Å²) in [5.74, 6) is 0.559. The van der Waals surface area contributed by atoms with Crippen molar-refractivity contribution in [2.24, 2.45) is 11.8 Å². The van der Waals surface area contributed by atoms with Crippen LogP contribution in [0.5, 0.6) is 0 Å². The van der Waals surface area contributed by atoms with E-state index in [0.29, 0.717) is 5.92 Å². The molecular formula is C10H18O2. The highest BCUT2D eigenvalue weighted by atomic mass is 16.3. The lowest BCUT2D eigenvalue weighted by Crippen LogP contribution is -2.31.